The van der Waals surface area contributed by atoms with Crippen LogP contribution in [0.4, 0.5) is 27.9 Å². The topological polar surface area (TPSA) is 129 Å². The van der Waals surface area contributed by atoms with E-state index in [0.29, 0.717) is 52.5 Å². The lowest BCUT2D eigenvalue weighted by atomic mass is 10.2. The number of amides is 1. The number of nitrogens with zero attached hydrogens (tertiary/aromatic N) is 5. The van der Waals surface area contributed by atoms with Crippen LogP contribution in [0.2, 0.25) is 0 Å². The van der Waals surface area contributed by atoms with Gasteiger partial charge in [0, 0.05) is 68.9 Å². The van der Waals surface area contributed by atoms with E-state index in [-0.39, 0.29) is 17.5 Å². The summed E-state index contributed by atoms with van der Waals surface area (Å²) in [6.45, 7) is 7.56. The third-order valence-electron chi connectivity index (χ3n) is 8.37. The van der Waals surface area contributed by atoms with Crippen molar-refractivity contribution in [1.82, 2.24) is 19.8 Å². The number of benzene rings is 3. The Morgan fingerprint density at radius 1 is 0.804 bits per heavy atom. The number of ether oxygens (including phenoxy) is 7. The molecule has 1 saturated heterocycles. The molecule has 4 aromatic rings. The van der Waals surface area contributed by atoms with Crippen LogP contribution in [0.25, 0.3) is 0 Å². The van der Waals surface area contributed by atoms with Gasteiger partial charge in [-0.3, -0.25) is 0 Å². The van der Waals surface area contributed by atoms with Gasteiger partial charge in [0.15, 0.2) is 23.0 Å². The summed E-state index contributed by atoms with van der Waals surface area (Å²) in [5.74, 6) is 3.38. The van der Waals surface area contributed by atoms with Crippen molar-refractivity contribution in [2.24, 2.45) is 0 Å². The van der Waals surface area contributed by atoms with Gasteiger partial charge in [0.1, 0.15) is 17.3 Å². The molecule has 0 unspecified atom stereocenters. The zero-order chi connectivity index (χ0) is 36.3. The monoisotopic (exact) mass is 702 g/mol. The molecule has 0 spiro atoms. The Labute approximate surface area is 298 Å². The summed E-state index contributed by atoms with van der Waals surface area (Å²) >= 11 is 0. The molecule has 14 heteroatoms. The molecule has 2 heterocycles. The number of hydrogen-bond donors (Lipinski definition) is 1. The third-order valence-corrected chi connectivity index (χ3v) is 8.37. The first-order valence-corrected chi connectivity index (χ1v) is 16.5. The van der Waals surface area contributed by atoms with Crippen LogP contribution in [-0.2, 0) is 0 Å². The zero-order valence-corrected chi connectivity index (χ0v) is 30.2. The average molecular weight is 703 g/mol. The maximum absolute atomic E-state index is 14.1. The minimum absolute atomic E-state index is 0.194. The van der Waals surface area contributed by atoms with Crippen LogP contribution in [-0.4, -0.2) is 108 Å². The Bertz CT molecular complexity index is 1780. The summed E-state index contributed by atoms with van der Waals surface area (Å²) in [5, 5.41) is 3.22. The van der Waals surface area contributed by atoms with Crippen molar-refractivity contribution >= 4 is 29.2 Å². The molecule has 1 N–H and O–H groups in total. The normalized spacial score (nSPS) is 13.2. The summed E-state index contributed by atoms with van der Waals surface area (Å²) in [7, 11) is 9.84. The fourth-order valence-corrected chi connectivity index (χ4v) is 5.60. The molecule has 1 aliphatic rings. The van der Waals surface area contributed by atoms with Crippen LogP contribution in [0.3, 0.4) is 0 Å². The highest BCUT2D eigenvalue weighted by Crippen LogP contribution is 2.42. The molecule has 272 valence electrons. The number of hydrogen-bond acceptors (Lipinski definition) is 13. The maximum Gasteiger partial charge on any atom is 0.425 e. The Morgan fingerprint density at radius 2 is 1.55 bits per heavy atom. The molecular formula is C37H46N6O8. The third kappa shape index (κ3) is 9.21. The number of methoxy groups -OCH3 is 5. The van der Waals surface area contributed by atoms with Crippen molar-refractivity contribution in [2.45, 2.75) is 13.3 Å². The smallest absolute Gasteiger partial charge is 0.425 e. The molecule has 0 aliphatic carbocycles. The van der Waals surface area contributed by atoms with Gasteiger partial charge in [-0.05, 0) is 50.2 Å². The quantitative estimate of drug-likeness (QED) is 0.147. The van der Waals surface area contributed by atoms with Crippen LogP contribution >= 0.6 is 0 Å². The molecule has 1 aromatic heterocycles. The van der Waals surface area contributed by atoms with E-state index >= 15 is 0 Å². The van der Waals surface area contributed by atoms with E-state index < -0.39 is 6.09 Å². The highest BCUT2D eigenvalue weighted by atomic mass is 16.6. The summed E-state index contributed by atoms with van der Waals surface area (Å²) in [4.78, 5) is 29.3. The number of anilines is 4. The second kappa shape index (κ2) is 17.5. The van der Waals surface area contributed by atoms with Crippen LogP contribution in [0.15, 0.2) is 60.8 Å². The van der Waals surface area contributed by atoms with Crippen molar-refractivity contribution in [2.75, 3.05) is 92.1 Å². The molecule has 14 nitrogen and oxygen atoms in total. The Morgan fingerprint density at radius 3 is 2.25 bits per heavy atom. The Kier molecular flexibility index (Phi) is 12.6. The highest BCUT2D eigenvalue weighted by molar-refractivity contribution is 5.98. The molecule has 1 aliphatic heterocycles. The lowest BCUT2D eigenvalue weighted by Crippen LogP contribution is -2.44. The van der Waals surface area contributed by atoms with E-state index in [1.54, 1.807) is 69.9 Å². The first kappa shape index (κ1) is 36.8. The second-order valence-electron chi connectivity index (χ2n) is 11.8. The summed E-state index contributed by atoms with van der Waals surface area (Å²) in [5.41, 5.74) is 1.83. The van der Waals surface area contributed by atoms with Gasteiger partial charge >= 0.3 is 6.09 Å². The number of rotatable bonds is 15. The number of carbonyl (C=O) groups excluding carboxylic acids is 1. The minimum Gasteiger partial charge on any atom is -0.497 e. The van der Waals surface area contributed by atoms with Gasteiger partial charge in [-0.1, -0.05) is 6.07 Å². The molecule has 1 amide bonds. The molecule has 0 saturated carbocycles. The lowest BCUT2D eigenvalue weighted by molar-refractivity contribution is 0.145. The van der Waals surface area contributed by atoms with Gasteiger partial charge in [-0.15, -0.1) is 0 Å². The van der Waals surface area contributed by atoms with Gasteiger partial charge in [-0.25, -0.2) is 14.7 Å². The zero-order valence-electron chi connectivity index (χ0n) is 30.2. The van der Waals surface area contributed by atoms with Crippen LogP contribution in [0.5, 0.6) is 40.2 Å². The van der Waals surface area contributed by atoms with Gasteiger partial charge in [0.25, 0.3) is 0 Å². The molecule has 0 bridgehead atoms. The first-order valence-electron chi connectivity index (χ1n) is 16.5. The second-order valence-corrected chi connectivity index (χ2v) is 11.8. The van der Waals surface area contributed by atoms with Gasteiger partial charge in [0.2, 0.25) is 11.7 Å². The maximum atomic E-state index is 14.1. The van der Waals surface area contributed by atoms with Gasteiger partial charge < -0.3 is 48.3 Å². The Hall–Kier alpha value is -5.47. The van der Waals surface area contributed by atoms with E-state index in [1.165, 1.54) is 25.3 Å². The lowest BCUT2D eigenvalue weighted by Gasteiger charge is -2.32. The van der Waals surface area contributed by atoms with Crippen molar-refractivity contribution < 1.29 is 38.0 Å². The molecule has 3 aromatic carbocycles. The fourth-order valence-electron chi connectivity index (χ4n) is 5.60. The first-order chi connectivity index (χ1) is 24.8. The van der Waals surface area contributed by atoms with Crippen molar-refractivity contribution in [1.29, 1.82) is 0 Å². The average Bonchev–Trinajstić information content (AvgIpc) is 3.14. The number of piperazine rings is 1. The summed E-state index contributed by atoms with van der Waals surface area (Å²) in [6, 6.07) is 15.5. The number of likely N-dealkylation sites (N-methyl/N-ethyl adjacent to an activating group) is 1. The number of carbonyl (C=O) groups is 1. The number of nitrogens with one attached hydrogen (secondary N) is 1. The standard InChI is InChI=1S/C37H46N6O8/c1-25-9-12-29(46-4)31(21-25)51-37(44)43(28-11-10-27(45-3)24-30(28)47-5)34-13-14-38-36(40-34)39-26-22-32(48-6)35(49-7)33(23-26)50-20-8-15-42-18-16-41(2)17-19-42/h9-14,21-24H,8,15-20H2,1-7H3,(H,38,39,40). The predicted octanol–water partition coefficient (Wildman–Crippen LogP) is 5.93. The SMILES string of the molecule is COc1ccc(N(C(=O)Oc2cc(C)ccc2OC)c2ccnc(Nc3cc(OC)c(OC)c(OCCCN4CCN(C)CC4)c3)n2)c(OC)c1. The van der Waals surface area contributed by atoms with E-state index in [1.807, 2.05) is 13.0 Å². The minimum atomic E-state index is -0.759. The predicted molar refractivity (Wildman–Crippen MR) is 194 cm³/mol. The van der Waals surface area contributed by atoms with E-state index in [0.717, 1.165) is 44.7 Å². The molecule has 5 rings (SSSR count). The molecular weight excluding hydrogens is 656 g/mol. The summed E-state index contributed by atoms with van der Waals surface area (Å²) in [6.07, 6.45) is 1.63. The van der Waals surface area contributed by atoms with Crippen molar-refractivity contribution in [3.05, 3.63) is 66.4 Å². The largest absolute Gasteiger partial charge is 0.497 e. The molecule has 1 fully saturated rings. The van der Waals surface area contributed by atoms with Crippen LogP contribution in [0.1, 0.15) is 12.0 Å². The van der Waals surface area contributed by atoms with E-state index in [9.17, 15) is 4.79 Å². The van der Waals surface area contributed by atoms with Crippen LogP contribution in [0, 0.1) is 6.92 Å². The number of aromatic nitrogens is 2. The van der Waals surface area contributed by atoms with Crippen LogP contribution < -0.4 is 43.4 Å². The Balaban J connectivity index is 1.43. The molecule has 0 atom stereocenters. The molecule has 0 radical (unpaired) electrons. The summed E-state index contributed by atoms with van der Waals surface area (Å²) < 4.78 is 39.9. The fraction of sp³-hybridized carbons (Fsp3) is 0.378. The van der Waals surface area contributed by atoms with Gasteiger partial charge in [-0.2, -0.15) is 4.98 Å². The van der Waals surface area contributed by atoms with E-state index in [4.69, 9.17) is 38.1 Å². The van der Waals surface area contributed by atoms with Gasteiger partial charge in [0.05, 0.1) is 47.8 Å². The van der Waals surface area contributed by atoms with Crippen molar-refractivity contribution in [3.8, 4) is 40.2 Å². The number of aryl methyl sites for hydroxylation is 1. The van der Waals surface area contributed by atoms with Crippen molar-refractivity contribution in [3.63, 3.8) is 0 Å². The molecule has 51 heavy (non-hydrogen) atoms. The van der Waals surface area contributed by atoms with E-state index in [2.05, 4.69) is 27.1 Å². The highest BCUT2D eigenvalue weighted by Gasteiger charge is 2.27.